The fourth-order valence-corrected chi connectivity index (χ4v) is 4.44. The summed E-state index contributed by atoms with van der Waals surface area (Å²) in [7, 11) is 0. The van der Waals surface area contributed by atoms with E-state index in [4.69, 9.17) is 0 Å². The summed E-state index contributed by atoms with van der Waals surface area (Å²) in [6, 6.07) is 0. The molecule has 120 valence electrons. The average Bonchev–Trinajstić information content (AvgIpc) is 2.47. The summed E-state index contributed by atoms with van der Waals surface area (Å²) in [5.74, 6) is -1.03. The molecule has 0 spiro atoms. The van der Waals surface area contributed by atoms with E-state index in [1.165, 1.54) is 0 Å². The van der Waals surface area contributed by atoms with Gasteiger partial charge in [0.2, 0.25) is 5.78 Å². The molecule has 0 radical (unpaired) electrons. The van der Waals surface area contributed by atoms with Crippen molar-refractivity contribution >= 4 is 5.78 Å². The first kappa shape index (κ1) is 15.5. The zero-order valence-electron chi connectivity index (χ0n) is 13.2. The second-order valence-corrected chi connectivity index (χ2v) is 7.40. The molecule has 0 aromatic rings. The molecule has 0 bridgehead atoms. The molecular formula is C18H24O4. The molecule has 1 fully saturated rings. The number of fused-ring (bicyclic) bond motifs is 3. The van der Waals surface area contributed by atoms with E-state index in [1.54, 1.807) is 12.2 Å². The predicted molar refractivity (Wildman–Crippen MR) is 83.1 cm³/mol. The molecule has 3 rings (SSSR count). The molecule has 3 aliphatic rings. The number of carbonyl (C=O) groups is 1. The normalized spacial score (nSPS) is 40.6. The standard InChI is InChI=1S/C18H24O4/c1-4-10-7-8-18(22)11-5-6-13(19)17(2,3)14(11)16(21)15(20)12(18)9-10/h4,9-11,13,19,21-22H,1,5-8H2,2-3H3/t10-,11-,13-,18-/m0/s1. The van der Waals surface area contributed by atoms with Gasteiger partial charge in [0.25, 0.3) is 0 Å². The molecule has 4 nitrogen and oxygen atoms in total. The lowest BCUT2D eigenvalue weighted by atomic mass is 9.54. The Bertz CT molecular complexity index is 598. The van der Waals surface area contributed by atoms with Gasteiger partial charge >= 0.3 is 0 Å². The summed E-state index contributed by atoms with van der Waals surface area (Å²) in [6.07, 6.45) is 5.26. The number of aliphatic hydroxyl groups is 3. The number of allylic oxidation sites excluding steroid dienone is 3. The highest BCUT2D eigenvalue weighted by atomic mass is 16.3. The van der Waals surface area contributed by atoms with Crippen molar-refractivity contribution in [2.24, 2.45) is 17.3 Å². The molecule has 0 aliphatic heterocycles. The van der Waals surface area contributed by atoms with Crippen molar-refractivity contribution in [3.63, 3.8) is 0 Å². The number of aliphatic hydroxyl groups excluding tert-OH is 2. The van der Waals surface area contributed by atoms with Crippen LogP contribution in [0.1, 0.15) is 39.5 Å². The number of ketones is 1. The van der Waals surface area contributed by atoms with Crippen LogP contribution in [0.4, 0.5) is 0 Å². The van der Waals surface area contributed by atoms with Gasteiger partial charge in [-0.25, -0.2) is 0 Å². The minimum atomic E-state index is -1.23. The molecule has 22 heavy (non-hydrogen) atoms. The first-order valence-corrected chi connectivity index (χ1v) is 7.97. The third kappa shape index (κ3) is 1.87. The molecule has 0 heterocycles. The lowest BCUT2D eigenvalue weighted by molar-refractivity contribution is -0.122. The Balaban J connectivity index is 2.19. The number of carbonyl (C=O) groups excluding carboxylic acids is 1. The van der Waals surface area contributed by atoms with Crippen LogP contribution in [0.15, 0.2) is 35.6 Å². The highest BCUT2D eigenvalue weighted by molar-refractivity contribution is 6.10. The number of rotatable bonds is 1. The van der Waals surface area contributed by atoms with Crippen molar-refractivity contribution in [2.45, 2.75) is 51.2 Å². The van der Waals surface area contributed by atoms with Gasteiger partial charge in [0, 0.05) is 16.9 Å². The Morgan fingerprint density at radius 1 is 1.32 bits per heavy atom. The van der Waals surface area contributed by atoms with Gasteiger partial charge in [-0.15, -0.1) is 6.58 Å². The smallest absolute Gasteiger partial charge is 0.225 e. The summed E-state index contributed by atoms with van der Waals surface area (Å²) < 4.78 is 0. The van der Waals surface area contributed by atoms with Crippen molar-refractivity contribution in [1.82, 2.24) is 0 Å². The molecule has 0 aromatic heterocycles. The lowest BCUT2D eigenvalue weighted by Gasteiger charge is -2.52. The van der Waals surface area contributed by atoms with Crippen LogP contribution in [-0.4, -0.2) is 32.8 Å². The van der Waals surface area contributed by atoms with Crippen LogP contribution >= 0.6 is 0 Å². The molecule has 1 saturated carbocycles. The van der Waals surface area contributed by atoms with E-state index in [-0.39, 0.29) is 17.6 Å². The quantitative estimate of drug-likeness (QED) is 0.650. The van der Waals surface area contributed by atoms with Crippen LogP contribution in [0.5, 0.6) is 0 Å². The maximum Gasteiger partial charge on any atom is 0.225 e. The molecule has 0 unspecified atom stereocenters. The van der Waals surface area contributed by atoms with Crippen molar-refractivity contribution in [3.05, 3.63) is 35.6 Å². The van der Waals surface area contributed by atoms with Gasteiger partial charge in [-0.1, -0.05) is 26.0 Å². The second kappa shape index (κ2) is 4.80. The summed E-state index contributed by atoms with van der Waals surface area (Å²) in [5, 5.41) is 32.0. The maximum atomic E-state index is 12.6. The molecule has 0 aromatic carbocycles. The third-order valence-corrected chi connectivity index (χ3v) is 5.90. The van der Waals surface area contributed by atoms with Crippen LogP contribution < -0.4 is 0 Å². The number of hydrogen-bond acceptors (Lipinski definition) is 4. The highest BCUT2D eigenvalue weighted by Gasteiger charge is 2.57. The van der Waals surface area contributed by atoms with E-state index in [1.807, 2.05) is 13.8 Å². The zero-order valence-corrected chi connectivity index (χ0v) is 13.2. The summed E-state index contributed by atoms with van der Waals surface area (Å²) in [6.45, 7) is 7.42. The van der Waals surface area contributed by atoms with Crippen LogP contribution in [-0.2, 0) is 4.79 Å². The monoisotopic (exact) mass is 304 g/mol. The number of Topliss-reactive ketones (excluding diaryl/α,β-unsaturated/α-hetero) is 1. The molecular weight excluding hydrogens is 280 g/mol. The fourth-order valence-electron chi connectivity index (χ4n) is 4.44. The Morgan fingerprint density at radius 2 is 2.00 bits per heavy atom. The summed E-state index contributed by atoms with van der Waals surface area (Å²) >= 11 is 0. The topological polar surface area (TPSA) is 77.8 Å². The van der Waals surface area contributed by atoms with Crippen LogP contribution in [0.3, 0.4) is 0 Å². The Kier molecular flexibility index (Phi) is 3.38. The predicted octanol–water partition coefficient (Wildman–Crippen LogP) is 2.43. The first-order valence-electron chi connectivity index (χ1n) is 7.97. The van der Waals surface area contributed by atoms with Gasteiger partial charge < -0.3 is 15.3 Å². The Hall–Kier alpha value is -1.39. The molecule has 3 aliphatic carbocycles. The second-order valence-electron chi connectivity index (χ2n) is 7.40. The fraction of sp³-hybridized carbons (Fsp3) is 0.611. The number of hydrogen-bond donors (Lipinski definition) is 3. The van der Waals surface area contributed by atoms with Crippen LogP contribution in [0.2, 0.25) is 0 Å². The van der Waals surface area contributed by atoms with Gasteiger partial charge in [-0.3, -0.25) is 4.79 Å². The van der Waals surface area contributed by atoms with Crippen molar-refractivity contribution in [2.75, 3.05) is 0 Å². The SMILES string of the molecule is C=C[C@@H]1C=C2C(=O)C(O)=C3[C@H](CC[C@H](O)C3(C)C)[C@@]2(O)CC1. The van der Waals surface area contributed by atoms with Gasteiger partial charge in [0.05, 0.1) is 11.7 Å². The van der Waals surface area contributed by atoms with Gasteiger partial charge in [-0.2, -0.15) is 0 Å². The summed E-state index contributed by atoms with van der Waals surface area (Å²) in [4.78, 5) is 12.6. The molecule has 0 saturated heterocycles. The summed E-state index contributed by atoms with van der Waals surface area (Å²) in [5.41, 5.74) is -1.11. The van der Waals surface area contributed by atoms with E-state index in [0.717, 1.165) is 6.42 Å². The van der Waals surface area contributed by atoms with E-state index in [2.05, 4.69) is 6.58 Å². The van der Waals surface area contributed by atoms with Gasteiger partial charge in [0.1, 0.15) is 0 Å². The average molecular weight is 304 g/mol. The first-order chi connectivity index (χ1) is 10.2. The van der Waals surface area contributed by atoms with E-state index < -0.39 is 22.9 Å². The van der Waals surface area contributed by atoms with Gasteiger partial charge in [-0.05, 0) is 37.2 Å². The Labute approximate surface area is 130 Å². The third-order valence-electron chi connectivity index (χ3n) is 5.90. The minimum Gasteiger partial charge on any atom is -0.504 e. The van der Waals surface area contributed by atoms with Gasteiger partial charge in [0.15, 0.2) is 5.76 Å². The van der Waals surface area contributed by atoms with Crippen LogP contribution in [0.25, 0.3) is 0 Å². The van der Waals surface area contributed by atoms with Crippen molar-refractivity contribution in [1.29, 1.82) is 0 Å². The van der Waals surface area contributed by atoms with E-state index in [9.17, 15) is 20.1 Å². The molecule has 4 heteroatoms. The lowest BCUT2D eigenvalue weighted by Crippen LogP contribution is -2.55. The Morgan fingerprint density at radius 3 is 2.64 bits per heavy atom. The van der Waals surface area contributed by atoms with E-state index in [0.29, 0.717) is 30.4 Å². The molecule has 3 N–H and O–H groups in total. The minimum absolute atomic E-state index is 0.0516. The van der Waals surface area contributed by atoms with Crippen LogP contribution in [0, 0.1) is 17.3 Å². The zero-order chi connectivity index (χ0) is 16.3. The van der Waals surface area contributed by atoms with E-state index >= 15 is 0 Å². The largest absolute Gasteiger partial charge is 0.504 e. The molecule has 4 atom stereocenters. The van der Waals surface area contributed by atoms with Crippen molar-refractivity contribution in [3.8, 4) is 0 Å². The maximum absolute atomic E-state index is 12.6. The highest BCUT2D eigenvalue weighted by Crippen LogP contribution is 2.56. The molecule has 0 amide bonds. The van der Waals surface area contributed by atoms with Crippen molar-refractivity contribution < 1.29 is 20.1 Å².